The lowest BCUT2D eigenvalue weighted by Crippen LogP contribution is -2.33. The predicted octanol–water partition coefficient (Wildman–Crippen LogP) is 3.95. The smallest absolute Gasteiger partial charge is 0.134 e. The Morgan fingerprint density at radius 3 is 2.39 bits per heavy atom. The van der Waals surface area contributed by atoms with Gasteiger partial charge in [0.1, 0.15) is 23.7 Å². The van der Waals surface area contributed by atoms with Gasteiger partial charge >= 0.3 is 0 Å². The van der Waals surface area contributed by atoms with Crippen LogP contribution in [0.4, 0.5) is 11.6 Å². The number of anilines is 2. The maximum atomic E-state index is 5.42. The van der Waals surface area contributed by atoms with Crippen LogP contribution >= 0.6 is 0 Å². The quantitative estimate of drug-likeness (QED) is 0.746. The van der Waals surface area contributed by atoms with Gasteiger partial charge in [-0.15, -0.1) is 0 Å². The average Bonchev–Trinajstić information content (AvgIpc) is 3.44. The van der Waals surface area contributed by atoms with Crippen LogP contribution < -0.4 is 14.5 Å². The van der Waals surface area contributed by atoms with E-state index in [1.807, 2.05) is 6.07 Å². The molecule has 146 valence electrons. The van der Waals surface area contributed by atoms with Crippen molar-refractivity contribution in [3.8, 4) is 5.75 Å². The second-order valence-electron chi connectivity index (χ2n) is 7.85. The Morgan fingerprint density at radius 2 is 1.68 bits per heavy atom. The summed E-state index contributed by atoms with van der Waals surface area (Å²) in [6, 6.07) is 8.44. The molecule has 2 aliphatic rings. The zero-order valence-corrected chi connectivity index (χ0v) is 16.4. The van der Waals surface area contributed by atoms with Crippen molar-refractivity contribution in [3.05, 3.63) is 42.4 Å². The molecule has 1 aromatic carbocycles. The van der Waals surface area contributed by atoms with Crippen LogP contribution in [0.1, 0.15) is 37.2 Å². The molecule has 6 heteroatoms. The maximum Gasteiger partial charge on any atom is 0.134 e. The van der Waals surface area contributed by atoms with Crippen LogP contribution in [0.2, 0.25) is 0 Å². The molecule has 28 heavy (non-hydrogen) atoms. The first kappa shape index (κ1) is 17.3. The minimum atomic E-state index is 0.567. The van der Waals surface area contributed by atoms with Crippen molar-refractivity contribution in [2.24, 2.45) is 0 Å². The summed E-state index contributed by atoms with van der Waals surface area (Å²) in [5.74, 6) is 3.63. The predicted molar refractivity (Wildman–Crippen MR) is 113 cm³/mol. The molecular formula is C22H27N5O. The molecule has 2 aliphatic heterocycles. The van der Waals surface area contributed by atoms with Gasteiger partial charge in [-0.25, -0.2) is 9.97 Å². The van der Waals surface area contributed by atoms with E-state index in [4.69, 9.17) is 4.74 Å². The molecule has 0 atom stereocenters. The third-order valence-electron chi connectivity index (χ3n) is 6.25. The monoisotopic (exact) mass is 377 g/mol. The van der Waals surface area contributed by atoms with E-state index in [1.54, 1.807) is 13.4 Å². The number of ether oxygens (including phenoxy) is 1. The van der Waals surface area contributed by atoms with Crippen molar-refractivity contribution in [3.63, 3.8) is 0 Å². The zero-order valence-electron chi connectivity index (χ0n) is 16.4. The van der Waals surface area contributed by atoms with E-state index < -0.39 is 0 Å². The number of benzene rings is 1. The van der Waals surface area contributed by atoms with E-state index >= 15 is 0 Å². The van der Waals surface area contributed by atoms with Gasteiger partial charge in [-0.2, -0.15) is 0 Å². The number of aromatic amines is 1. The first-order chi connectivity index (χ1) is 13.8. The van der Waals surface area contributed by atoms with E-state index in [0.29, 0.717) is 5.92 Å². The van der Waals surface area contributed by atoms with Gasteiger partial charge in [-0.3, -0.25) is 0 Å². The molecular weight excluding hydrogens is 350 g/mol. The summed E-state index contributed by atoms with van der Waals surface area (Å²) in [5.41, 5.74) is 2.60. The normalized spacial score (nSPS) is 18.2. The fourth-order valence-corrected chi connectivity index (χ4v) is 4.63. The van der Waals surface area contributed by atoms with Gasteiger partial charge in [0.05, 0.1) is 7.11 Å². The standard InChI is InChI=1S/C22H27N5O/c1-28-17-4-5-20-18(12-17)19(14-23-20)16-6-10-27(11-7-16)22-13-21(24-15-25-22)26-8-2-3-9-26/h4-5,12-16,23H,2-3,6-11H2,1H3. The molecule has 2 fully saturated rings. The van der Waals surface area contributed by atoms with Crippen LogP contribution in [-0.4, -0.2) is 48.2 Å². The number of rotatable bonds is 4. The highest BCUT2D eigenvalue weighted by Crippen LogP contribution is 2.35. The lowest BCUT2D eigenvalue weighted by atomic mass is 9.89. The minimum Gasteiger partial charge on any atom is -0.497 e. The molecule has 3 aromatic rings. The second kappa shape index (κ2) is 7.34. The summed E-state index contributed by atoms with van der Waals surface area (Å²) in [7, 11) is 1.73. The maximum absolute atomic E-state index is 5.42. The van der Waals surface area contributed by atoms with Crippen molar-refractivity contribution >= 4 is 22.5 Å². The Morgan fingerprint density at radius 1 is 0.964 bits per heavy atom. The zero-order chi connectivity index (χ0) is 18.9. The molecule has 0 saturated carbocycles. The van der Waals surface area contributed by atoms with Crippen LogP contribution in [0.3, 0.4) is 0 Å². The number of nitrogens with zero attached hydrogens (tertiary/aromatic N) is 4. The largest absolute Gasteiger partial charge is 0.497 e. The summed E-state index contributed by atoms with van der Waals surface area (Å²) in [4.78, 5) is 17.3. The van der Waals surface area contributed by atoms with Crippen molar-refractivity contribution in [2.45, 2.75) is 31.6 Å². The lowest BCUT2D eigenvalue weighted by molar-refractivity contribution is 0.415. The van der Waals surface area contributed by atoms with Gasteiger partial charge in [-0.05, 0) is 55.4 Å². The number of hydrogen-bond donors (Lipinski definition) is 1. The molecule has 2 aromatic heterocycles. The Bertz CT molecular complexity index is 954. The van der Waals surface area contributed by atoms with Crippen molar-refractivity contribution in [1.82, 2.24) is 15.0 Å². The fraction of sp³-hybridized carbons (Fsp3) is 0.455. The SMILES string of the molecule is COc1ccc2[nH]cc(C3CCN(c4cc(N5CCCC5)ncn4)CC3)c2c1. The molecule has 6 nitrogen and oxygen atoms in total. The Balaban J connectivity index is 1.31. The summed E-state index contributed by atoms with van der Waals surface area (Å²) >= 11 is 0. The van der Waals surface area contributed by atoms with Crippen molar-refractivity contribution in [1.29, 1.82) is 0 Å². The highest BCUT2D eigenvalue weighted by atomic mass is 16.5. The summed E-state index contributed by atoms with van der Waals surface area (Å²) < 4.78 is 5.42. The fourth-order valence-electron chi connectivity index (χ4n) is 4.63. The number of piperidine rings is 1. The topological polar surface area (TPSA) is 57.3 Å². The van der Waals surface area contributed by atoms with Gasteiger partial charge < -0.3 is 19.5 Å². The number of nitrogens with one attached hydrogen (secondary N) is 1. The van der Waals surface area contributed by atoms with Gasteiger partial charge in [0, 0.05) is 49.3 Å². The molecule has 1 N–H and O–H groups in total. The molecule has 0 radical (unpaired) electrons. The van der Waals surface area contributed by atoms with Crippen LogP contribution in [0, 0.1) is 0 Å². The number of hydrogen-bond acceptors (Lipinski definition) is 5. The van der Waals surface area contributed by atoms with Crippen molar-refractivity contribution in [2.75, 3.05) is 43.1 Å². The summed E-state index contributed by atoms with van der Waals surface area (Å²) in [6.07, 6.45) is 8.70. The molecule has 0 amide bonds. The minimum absolute atomic E-state index is 0.567. The average molecular weight is 377 g/mol. The van der Waals surface area contributed by atoms with Gasteiger partial charge in [-0.1, -0.05) is 0 Å². The van der Waals surface area contributed by atoms with Crippen LogP contribution in [0.25, 0.3) is 10.9 Å². The number of aromatic nitrogens is 3. The Kier molecular flexibility index (Phi) is 4.55. The lowest BCUT2D eigenvalue weighted by Gasteiger charge is -2.33. The van der Waals surface area contributed by atoms with E-state index in [1.165, 1.54) is 29.3 Å². The number of H-pyrrole nitrogens is 1. The molecule has 0 unspecified atom stereocenters. The van der Waals surface area contributed by atoms with E-state index in [9.17, 15) is 0 Å². The number of methoxy groups -OCH3 is 1. The highest BCUT2D eigenvalue weighted by Gasteiger charge is 2.24. The Labute approximate surface area is 165 Å². The summed E-state index contributed by atoms with van der Waals surface area (Å²) in [6.45, 7) is 4.28. The van der Waals surface area contributed by atoms with Gasteiger partial charge in [0.15, 0.2) is 0 Å². The Hall–Kier alpha value is -2.76. The molecule has 0 aliphatic carbocycles. The first-order valence-electron chi connectivity index (χ1n) is 10.3. The van der Waals surface area contributed by atoms with Gasteiger partial charge in [0.2, 0.25) is 0 Å². The molecule has 2 saturated heterocycles. The highest BCUT2D eigenvalue weighted by molar-refractivity contribution is 5.85. The van der Waals surface area contributed by atoms with Crippen LogP contribution in [0.15, 0.2) is 36.8 Å². The molecule has 0 bridgehead atoms. The molecule has 5 rings (SSSR count). The van der Waals surface area contributed by atoms with E-state index in [0.717, 1.165) is 56.4 Å². The third-order valence-corrected chi connectivity index (χ3v) is 6.25. The second-order valence-corrected chi connectivity index (χ2v) is 7.85. The van der Waals surface area contributed by atoms with Crippen molar-refractivity contribution < 1.29 is 4.74 Å². The molecule has 0 spiro atoms. The third kappa shape index (κ3) is 3.17. The van der Waals surface area contributed by atoms with E-state index in [2.05, 4.69) is 49.1 Å². The van der Waals surface area contributed by atoms with E-state index in [-0.39, 0.29) is 0 Å². The van der Waals surface area contributed by atoms with Crippen LogP contribution in [0.5, 0.6) is 5.75 Å². The number of fused-ring (bicyclic) bond motifs is 1. The van der Waals surface area contributed by atoms with Gasteiger partial charge in [0.25, 0.3) is 0 Å². The van der Waals surface area contributed by atoms with Crippen LogP contribution in [-0.2, 0) is 0 Å². The first-order valence-corrected chi connectivity index (χ1v) is 10.3. The molecule has 4 heterocycles. The summed E-state index contributed by atoms with van der Waals surface area (Å²) in [5, 5.41) is 1.29.